The van der Waals surface area contributed by atoms with Crippen molar-refractivity contribution < 1.29 is 22.6 Å². The van der Waals surface area contributed by atoms with Crippen LogP contribution in [0.4, 0.5) is 0 Å². The molecule has 1 atom stereocenters. The number of hydrogen-bond donors (Lipinski definition) is 0. The van der Waals surface area contributed by atoms with E-state index in [0.717, 1.165) is 0 Å². The second kappa shape index (κ2) is 5.99. The maximum Gasteiger partial charge on any atom is 0.243 e. The molecule has 0 unspecified atom stereocenters. The highest BCUT2D eigenvalue weighted by molar-refractivity contribution is 7.89. The molecular formula is C13H19NO5S. The van der Waals surface area contributed by atoms with Crippen molar-refractivity contribution in [2.45, 2.75) is 17.9 Å². The van der Waals surface area contributed by atoms with Crippen LogP contribution >= 0.6 is 0 Å². The number of benzene rings is 1. The van der Waals surface area contributed by atoms with Crippen molar-refractivity contribution in [1.82, 2.24) is 4.31 Å². The van der Waals surface area contributed by atoms with E-state index in [2.05, 4.69) is 0 Å². The maximum absolute atomic E-state index is 12.6. The van der Waals surface area contributed by atoms with Crippen LogP contribution in [0.5, 0.6) is 11.5 Å². The first-order valence-corrected chi connectivity index (χ1v) is 7.77. The van der Waals surface area contributed by atoms with E-state index in [4.69, 9.17) is 14.2 Å². The smallest absolute Gasteiger partial charge is 0.243 e. The third-order valence-electron chi connectivity index (χ3n) is 3.20. The van der Waals surface area contributed by atoms with Crippen molar-refractivity contribution in [2.75, 3.05) is 33.9 Å². The summed E-state index contributed by atoms with van der Waals surface area (Å²) in [5.74, 6) is 0.900. The molecule has 0 N–H and O–H groups in total. The van der Waals surface area contributed by atoms with Gasteiger partial charge in [0.2, 0.25) is 10.0 Å². The van der Waals surface area contributed by atoms with E-state index in [9.17, 15) is 8.42 Å². The third kappa shape index (κ3) is 2.89. The molecule has 1 fully saturated rings. The van der Waals surface area contributed by atoms with E-state index in [1.807, 2.05) is 6.92 Å². The fourth-order valence-corrected chi connectivity index (χ4v) is 3.65. The fraction of sp³-hybridized carbons (Fsp3) is 0.538. The van der Waals surface area contributed by atoms with Crippen LogP contribution in [0, 0.1) is 0 Å². The van der Waals surface area contributed by atoms with Gasteiger partial charge in [0.25, 0.3) is 0 Å². The van der Waals surface area contributed by atoms with Gasteiger partial charge in [-0.05, 0) is 19.1 Å². The molecule has 0 amide bonds. The average Bonchev–Trinajstić information content (AvgIpc) is 2.46. The summed E-state index contributed by atoms with van der Waals surface area (Å²) >= 11 is 0. The third-order valence-corrected chi connectivity index (χ3v) is 5.06. The van der Waals surface area contributed by atoms with Gasteiger partial charge < -0.3 is 14.2 Å². The van der Waals surface area contributed by atoms with Gasteiger partial charge in [-0.2, -0.15) is 4.31 Å². The number of nitrogens with zero attached hydrogens (tertiary/aromatic N) is 1. The highest BCUT2D eigenvalue weighted by Gasteiger charge is 2.29. The molecule has 20 heavy (non-hydrogen) atoms. The molecule has 6 nitrogen and oxygen atoms in total. The first-order valence-electron chi connectivity index (χ1n) is 6.33. The normalized spacial score (nSPS) is 20.6. The SMILES string of the molecule is COc1ccc(S(=O)(=O)N2CCO[C@H](C)C2)cc1OC. The molecule has 0 bridgehead atoms. The van der Waals surface area contributed by atoms with Crippen molar-refractivity contribution in [1.29, 1.82) is 0 Å². The van der Waals surface area contributed by atoms with Gasteiger partial charge in [-0.25, -0.2) is 8.42 Å². The number of hydrogen-bond acceptors (Lipinski definition) is 5. The van der Waals surface area contributed by atoms with E-state index >= 15 is 0 Å². The number of ether oxygens (including phenoxy) is 3. The molecule has 0 aromatic heterocycles. The topological polar surface area (TPSA) is 65.1 Å². The Morgan fingerprint density at radius 3 is 2.55 bits per heavy atom. The van der Waals surface area contributed by atoms with Crippen LogP contribution in [0.3, 0.4) is 0 Å². The maximum atomic E-state index is 12.6. The number of sulfonamides is 1. The van der Waals surface area contributed by atoms with Crippen LogP contribution in [0.25, 0.3) is 0 Å². The Labute approximate surface area is 119 Å². The van der Waals surface area contributed by atoms with E-state index in [-0.39, 0.29) is 11.0 Å². The van der Waals surface area contributed by atoms with Crippen LogP contribution in [-0.4, -0.2) is 52.7 Å². The van der Waals surface area contributed by atoms with Crippen molar-refractivity contribution in [3.8, 4) is 11.5 Å². The minimum atomic E-state index is -3.53. The lowest BCUT2D eigenvalue weighted by molar-refractivity contribution is 0.0102. The molecule has 0 saturated carbocycles. The zero-order chi connectivity index (χ0) is 14.8. The zero-order valence-electron chi connectivity index (χ0n) is 11.8. The van der Waals surface area contributed by atoms with Gasteiger partial charge in [-0.3, -0.25) is 0 Å². The van der Waals surface area contributed by atoms with E-state index < -0.39 is 10.0 Å². The molecule has 1 aromatic rings. The van der Waals surface area contributed by atoms with Crippen LogP contribution in [-0.2, 0) is 14.8 Å². The molecule has 1 aliphatic rings. The summed E-state index contributed by atoms with van der Waals surface area (Å²) in [6.07, 6.45) is -0.0985. The Bertz CT molecular complexity index is 572. The van der Waals surface area contributed by atoms with Gasteiger partial charge in [0, 0.05) is 19.2 Å². The van der Waals surface area contributed by atoms with Crippen molar-refractivity contribution in [2.24, 2.45) is 0 Å². The monoisotopic (exact) mass is 301 g/mol. The molecule has 0 aliphatic carbocycles. The van der Waals surface area contributed by atoms with Gasteiger partial charge in [-0.15, -0.1) is 0 Å². The lowest BCUT2D eigenvalue weighted by Gasteiger charge is -2.30. The largest absolute Gasteiger partial charge is 0.493 e. The fourth-order valence-electron chi connectivity index (χ4n) is 2.13. The second-order valence-electron chi connectivity index (χ2n) is 4.56. The summed E-state index contributed by atoms with van der Waals surface area (Å²) in [7, 11) is -0.548. The molecule has 2 rings (SSSR count). The Kier molecular flexibility index (Phi) is 4.52. The van der Waals surface area contributed by atoms with Crippen LogP contribution in [0.2, 0.25) is 0 Å². The average molecular weight is 301 g/mol. The standard InChI is InChI=1S/C13H19NO5S/c1-10-9-14(6-7-19-10)20(15,16)11-4-5-12(17-2)13(8-11)18-3/h4-5,8,10H,6-7,9H2,1-3H3/t10-/m1/s1. The second-order valence-corrected chi connectivity index (χ2v) is 6.50. The predicted octanol–water partition coefficient (Wildman–Crippen LogP) is 1.11. The number of morpholine rings is 1. The summed E-state index contributed by atoms with van der Waals surface area (Å²) < 4.78 is 42.2. The highest BCUT2D eigenvalue weighted by Crippen LogP contribution is 2.31. The summed E-state index contributed by atoms with van der Waals surface area (Å²) in [6, 6.07) is 4.60. The van der Waals surface area contributed by atoms with Crippen LogP contribution < -0.4 is 9.47 Å². The quantitative estimate of drug-likeness (QED) is 0.833. The van der Waals surface area contributed by atoms with Crippen LogP contribution in [0.15, 0.2) is 23.1 Å². The highest BCUT2D eigenvalue weighted by atomic mass is 32.2. The van der Waals surface area contributed by atoms with E-state index in [1.54, 1.807) is 6.07 Å². The Morgan fingerprint density at radius 1 is 1.25 bits per heavy atom. The minimum absolute atomic E-state index is 0.0985. The summed E-state index contributed by atoms with van der Waals surface area (Å²) in [4.78, 5) is 0.198. The lowest BCUT2D eigenvalue weighted by atomic mass is 10.3. The first kappa shape index (κ1) is 15.1. The molecule has 7 heteroatoms. The zero-order valence-corrected chi connectivity index (χ0v) is 12.6. The van der Waals surface area contributed by atoms with E-state index in [0.29, 0.717) is 31.2 Å². The van der Waals surface area contributed by atoms with Gasteiger partial charge in [0.15, 0.2) is 11.5 Å². The minimum Gasteiger partial charge on any atom is -0.493 e. The number of methoxy groups -OCH3 is 2. The molecule has 112 valence electrons. The molecule has 1 aromatic carbocycles. The first-order chi connectivity index (χ1) is 9.48. The molecule has 0 radical (unpaired) electrons. The Hall–Kier alpha value is -1.31. The molecule has 1 heterocycles. The lowest BCUT2D eigenvalue weighted by Crippen LogP contribution is -2.44. The van der Waals surface area contributed by atoms with Gasteiger partial charge in [-0.1, -0.05) is 0 Å². The van der Waals surface area contributed by atoms with Gasteiger partial charge in [0.1, 0.15) is 0 Å². The summed E-state index contributed by atoms with van der Waals surface area (Å²) in [5, 5.41) is 0. The molecule has 0 spiro atoms. The summed E-state index contributed by atoms with van der Waals surface area (Å²) in [5.41, 5.74) is 0. The van der Waals surface area contributed by atoms with Crippen LogP contribution in [0.1, 0.15) is 6.92 Å². The van der Waals surface area contributed by atoms with E-state index in [1.165, 1.54) is 30.7 Å². The predicted molar refractivity (Wildman–Crippen MR) is 73.7 cm³/mol. The molecule has 1 aliphatic heterocycles. The van der Waals surface area contributed by atoms with Crippen molar-refractivity contribution >= 4 is 10.0 Å². The van der Waals surface area contributed by atoms with Crippen molar-refractivity contribution in [3.63, 3.8) is 0 Å². The Balaban J connectivity index is 2.34. The van der Waals surface area contributed by atoms with Gasteiger partial charge in [0.05, 0.1) is 31.8 Å². The molecular weight excluding hydrogens is 282 g/mol. The summed E-state index contributed by atoms with van der Waals surface area (Å²) in [6.45, 7) is 2.99. The van der Waals surface area contributed by atoms with Gasteiger partial charge >= 0.3 is 0 Å². The number of rotatable bonds is 4. The molecule has 1 saturated heterocycles. The Morgan fingerprint density at radius 2 is 1.95 bits per heavy atom. The van der Waals surface area contributed by atoms with Crippen molar-refractivity contribution in [3.05, 3.63) is 18.2 Å².